The quantitative estimate of drug-likeness (QED) is 0.230. The molecular weight excluding hydrogens is 328 g/mol. The molecule has 0 fully saturated rings. The van der Waals surface area contributed by atoms with E-state index in [9.17, 15) is 0 Å². The highest BCUT2D eigenvalue weighted by Gasteiger charge is 2.07. The minimum atomic E-state index is 0.601. The molecular formula is C21H34N2O3. The third-order valence-corrected chi connectivity index (χ3v) is 3.93. The number of aryl methyl sites for hydroxylation is 2. The summed E-state index contributed by atoms with van der Waals surface area (Å²) in [5.74, 6) is 1.89. The van der Waals surface area contributed by atoms with E-state index in [-0.39, 0.29) is 0 Å². The maximum atomic E-state index is 6.00. The van der Waals surface area contributed by atoms with Crippen molar-refractivity contribution in [3.05, 3.63) is 35.4 Å². The molecule has 5 nitrogen and oxygen atoms in total. The van der Waals surface area contributed by atoms with Gasteiger partial charge in [-0.1, -0.05) is 30.1 Å². The molecule has 5 heteroatoms. The Morgan fingerprint density at radius 3 is 2.46 bits per heavy atom. The zero-order valence-corrected chi connectivity index (χ0v) is 16.7. The molecule has 0 amide bonds. The number of unbranched alkanes of at least 4 members (excludes halogenated alkanes) is 3. The Bertz CT molecular complexity index is 533. The summed E-state index contributed by atoms with van der Waals surface area (Å²) >= 11 is 0. The number of hydrogen-bond donors (Lipinski definition) is 1. The SMILES string of the molecule is C/C=C/COc1cc(C)c(OCCCCCCNCC=NOC)c(C)c1. The van der Waals surface area contributed by atoms with Gasteiger partial charge in [0.05, 0.1) is 12.8 Å². The monoisotopic (exact) mass is 362 g/mol. The van der Waals surface area contributed by atoms with Crippen molar-refractivity contribution in [3.63, 3.8) is 0 Å². The number of ether oxygens (including phenoxy) is 2. The summed E-state index contributed by atoms with van der Waals surface area (Å²) in [5.41, 5.74) is 2.25. The van der Waals surface area contributed by atoms with Crippen molar-refractivity contribution in [3.8, 4) is 11.5 Å². The third kappa shape index (κ3) is 9.47. The van der Waals surface area contributed by atoms with Crippen LogP contribution >= 0.6 is 0 Å². The van der Waals surface area contributed by atoms with Crippen LogP contribution in [0.4, 0.5) is 0 Å². The van der Waals surface area contributed by atoms with Crippen LogP contribution < -0.4 is 14.8 Å². The second kappa shape index (κ2) is 14.2. The first-order chi connectivity index (χ1) is 12.7. The molecule has 1 aromatic carbocycles. The molecule has 0 aliphatic carbocycles. The number of hydrogen-bond acceptors (Lipinski definition) is 5. The van der Waals surface area contributed by atoms with Crippen LogP contribution in [-0.2, 0) is 4.84 Å². The molecule has 1 aromatic rings. The highest BCUT2D eigenvalue weighted by atomic mass is 16.6. The zero-order chi connectivity index (χ0) is 19.0. The van der Waals surface area contributed by atoms with Crippen LogP contribution in [0.2, 0.25) is 0 Å². The Kier molecular flexibility index (Phi) is 12.0. The smallest absolute Gasteiger partial charge is 0.125 e. The summed E-state index contributed by atoms with van der Waals surface area (Å²) in [7, 11) is 1.55. The minimum Gasteiger partial charge on any atom is -0.493 e. The fourth-order valence-electron chi connectivity index (χ4n) is 2.62. The number of nitrogens with zero attached hydrogens (tertiary/aromatic N) is 1. The first-order valence-electron chi connectivity index (χ1n) is 9.42. The molecule has 0 aliphatic heterocycles. The molecule has 0 bridgehead atoms. The largest absolute Gasteiger partial charge is 0.493 e. The van der Waals surface area contributed by atoms with Gasteiger partial charge in [-0.05, 0) is 63.4 Å². The van der Waals surface area contributed by atoms with E-state index in [4.69, 9.17) is 9.47 Å². The van der Waals surface area contributed by atoms with Gasteiger partial charge in [0.2, 0.25) is 0 Å². The highest BCUT2D eigenvalue weighted by molar-refractivity contribution is 5.58. The van der Waals surface area contributed by atoms with Gasteiger partial charge in [0.25, 0.3) is 0 Å². The Labute approximate surface area is 158 Å². The van der Waals surface area contributed by atoms with Crippen molar-refractivity contribution in [1.82, 2.24) is 5.32 Å². The lowest BCUT2D eigenvalue weighted by Gasteiger charge is -2.14. The number of oxime groups is 1. The summed E-state index contributed by atoms with van der Waals surface area (Å²) in [5, 5.41) is 6.98. The van der Waals surface area contributed by atoms with E-state index in [0.29, 0.717) is 6.61 Å². The van der Waals surface area contributed by atoms with Gasteiger partial charge in [0, 0.05) is 6.54 Å². The van der Waals surface area contributed by atoms with Crippen LogP contribution in [0.3, 0.4) is 0 Å². The van der Waals surface area contributed by atoms with Gasteiger partial charge in [-0.25, -0.2) is 0 Å². The van der Waals surface area contributed by atoms with Crippen LogP contribution in [0.5, 0.6) is 11.5 Å². The van der Waals surface area contributed by atoms with E-state index < -0.39 is 0 Å². The van der Waals surface area contributed by atoms with E-state index in [1.54, 1.807) is 13.3 Å². The van der Waals surface area contributed by atoms with Crippen LogP contribution in [0.15, 0.2) is 29.4 Å². The van der Waals surface area contributed by atoms with Crippen molar-refractivity contribution < 1.29 is 14.3 Å². The second-order valence-electron chi connectivity index (χ2n) is 6.20. The Hall–Kier alpha value is -2.01. The summed E-state index contributed by atoms with van der Waals surface area (Å²) in [6.45, 7) is 9.25. The van der Waals surface area contributed by atoms with Crippen LogP contribution in [0, 0.1) is 13.8 Å². The minimum absolute atomic E-state index is 0.601. The van der Waals surface area contributed by atoms with E-state index in [1.807, 2.05) is 31.2 Å². The molecule has 1 N–H and O–H groups in total. The predicted octanol–water partition coefficient (Wildman–Crippen LogP) is 4.42. The predicted molar refractivity (Wildman–Crippen MR) is 109 cm³/mol. The molecule has 26 heavy (non-hydrogen) atoms. The Balaban J connectivity index is 2.19. The second-order valence-corrected chi connectivity index (χ2v) is 6.20. The zero-order valence-electron chi connectivity index (χ0n) is 16.7. The van der Waals surface area contributed by atoms with Crippen molar-refractivity contribution in [2.45, 2.75) is 46.5 Å². The van der Waals surface area contributed by atoms with E-state index in [2.05, 4.69) is 29.2 Å². The van der Waals surface area contributed by atoms with Crippen molar-refractivity contribution in [1.29, 1.82) is 0 Å². The third-order valence-electron chi connectivity index (χ3n) is 3.93. The Morgan fingerprint density at radius 1 is 1.04 bits per heavy atom. The maximum absolute atomic E-state index is 6.00. The lowest BCUT2D eigenvalue weighted by molar-refractivity contribution is 0.214. The molecule has 0 saturated heterocycles. The number of rotatable bonds is 14. The van der Waals surface area contributed by atoms with Gasteiger partial charge in [-0.3, -0.25) is 0 Å². The first kappa shape index (κ1) is 22.0. The van der Waals surface area contributed by atoms with Crippen LogP contribution in [0.25, 0.3) is 0 Å². The van der Waals surface area contributed by atoms with Gasteiger partial charge < -0.3 is 19.6 Å². The van der Waals surface area contributed by atoms with E-state index in [0.717, 1.165) is 55.2 Å². The van der Waals surface area contributed by atoms with Gasteiger partial charge >= 0.3 is 0 Å². The molecule has 0 radical (unpaired) electrons. The lowest BCUT2D eigenvalue weighted by atomic mass is 10.1. The summed E-state index contributed by atoms with van der Waals surface area (Å²) in [6.07, 6.45) is 10.3. The Morgan fingerprint density at radius 2 is 1.77 bits per heavy atom. The van der Waals surface area contributed by atoms with Gasteiger partial charge in [-0.2, -0.15) is 0 Å². The average Bonchev–Trinajstić information content (AvgIpc) is 2.62. The maximum Gasteiger partial charge on any atom is 0.125 e. The van der Waals surface area contributed by atoms with Crippen molar-refractivity contribution in [2.24, 2.45) is 5.16 Å². The van der Waals surface area contributed by atoms with E-state index in [1.165, 1.54) is 12.8 Å². The molecule has 146 valence electrons. The number of benzene rings is 1. The van der Waals surface area contributed by atoms with Gasteiger partial charge in [0.15, 0.2) is 0 Å². The standard InChI is InChI=1S/C21H34N2O3/c1-5-6-14-25-20-16-18(2)21(19(3)17-20)26-15-10-8-7-9-11-22-12-13-23-24-4/h5-6,13,16-17,22H,7-12,14-15H2,1-4H3/b6-5+,23-13?. The fraction of sp³-hybridized carbons (Fsp3) is 0.571. The number of nitrogens with one attached hydrogen (secondary N) is 1. The average molecular weight is 363 g/mol. The number of allylic oxidation sites excluding steroid dienone is 1. The fourth-order valence-corrected chi connectivity index (χ4v) is 2.62. The normalized spacial score (nSPS) is 11.4. The van der Waals surface area contributed by atoms with Crippen molar-refractivity contribution in [2.75, 3.05) is 33.4 Å². The molecule has 0 spiro atoms. The summed E-state index contributed by atoms with van der Waals surface area (Å²) in [6, 6.07) is 4.09. The van der Waals surface area contributed by atoms with Gasteiger partial charge in [0.1, 0.15) is 25.2 Å². The van der Waals surface area contributed by atoms with Crippen LogP contribution in [-0.4, -0.2) is 39.6 Å². The molecule has 0 aliphatic rings. The molecule has 0 aromatic heterocycles. The highest BCUT2D eigenvalue weighted by Crippen LogP contribution is 2.28. The summed E-state index contributed by atoms with van der Waals surface area (Å²) < 4.78 is 11.7. The van der Waals surface area contributed by atoms with Crippen LogP contribution in [0.1, 0.15) is 43.7 Å². The molecule has 0 unspecified atom stereocenters. The lowest BCUT2D eigenvalue weighted by Crippen LogP contribution is -2.17. The summed E-state index contributed by atoms with van der Waals surface area (Å²) in [4.78, 5) is 4.60. The topological polar surface area (TPSA) is 52.1 Å². The molecule has 0 heterocycles. The van der Waals surface area contributed by atoms with E-state index >= 15 is 0 Å². The molecule has 1 rings (SSSR count). The van der Waals surface area contributed by atoms with Gasteiger partial charge in [-0.15, -0.1) is 0 Å². The first-order valence-corrected chi connectivity index (χ1v) is 9.42. The van der Waals surface area contributed by atoms with Crippen molar-refractivity contribution >= 4 is 6.21 Å². The molecule has 0 atom stereocenters. The molecule has 0 saturated carbocycles.